The summed E-state index contributed by atoms with van der Waals surface area (Å²) in [7, 11) is 0. The van der Waals surface area contributed by atoms with Crippen LogP contribution in [0.25, 0.3) is 0 Å². The fourth-order valence-electron chi connectivity index (χ4n) is 2.32. The van der Waals surface area contributed by atoms with Crippen LogP contribution < -0.4 is 16.2 Å². The van der Waals surface area contributed by atoms with Gasteiger partial charge < -0.3 is 10.3 Å². The molecule has 3 amide bonds. The number of hydrogen-bond acceptors (Lipinski definition) is 5. The number of aryl methyl sites for hydroxylation is 1. The minimum Gasteiger partial charge on any atom is -0.338 e. The molecular formula is C18H22N4O3S. The van der Waals surface area contributed by atoms with Crippen LogP contribution in [-0.2, 0) is 11.2 Å². The Bertz CT molecular complexity index is 808. The molecule has 2 aromatic rings. The second-order valence-corrected chi connectivity index (χ2v) is 6.64. The summed E-state index contributed by atoms with van der Waals surface area (Å²) >= 11 is 1.11. The molecule has 8 heteroatoms. The van der Waals surface area contributed by atoms with Crippen molar-refractivity contribution in [3.05, 3.63) is 58.0 Å². The monoisotopic (exact) mass is 374 g/mol. The van der Waals surface area contributed by atoms with Crippen LogP contribution in [0.15, 0.2) is 46.3 Å². The highest BCUT2D eigenvalue weighted by Crippen LogP contribution is 2.33. The van der Waals surface area contributed by atoms with Crippen LogP contribution in [0.3, 0.4) is 0 Å². The molecule has 0 aliphatic heterocycles. The number of amides is 3. The van der Waals surface area contributed by atoms with Gasteiger partial charge in [-0.25, -0.2) is 9.78 Å². The first kappa shape index (κ1) is 19.7. The summed E-state index contributed by atoms with van der Waals surface area (Å²) in [6, 6.07) is 9.96. The van der Waals surface area contributed by atoms with Gasteiger partial charge in [-0.2, -0.15) is 0 Å². The van der Waals surface area contributed by atoms with Crippen LogP contribution >= 0.6 is 11.8 Å². The highest BCUT2D eigenvalue weighted by atomic mass is 32.2. The van der Waals surface area contributed by atoms with Gasteiger partial charge in [0.2, 0.25) is 5.91 Å². The highest BCUT2D eigenvalue weighted by molar-refractivity contribution is 8.00. The number of aromatic nitrogens is 2. The van der Waals surface area contributed by atoms with Crippen molar-refractivity contribution >= 4 is 23.7 Å². The first-order valence-electron chi connectivity index (χ1n) is 8.44. The van der Waals surface area contributed by atoms with Crippen molar-refractivity contribution in [2.45, 2.75) is 37.1 Å². The number of nitrogens with zero attached hydrogens (tertiary/aromatic N) is 1. The first-order chi connectivity index (χ1) is 12.5. The van der Waals surface area contributed by atoms with E-state index in [1.807, 2.05) is 25.1 Å². The van der Waals surface area contributed by atoms with Gasteiger partial charge in [-0.15, -0.1) is 0 Å². The van der Waals surface area contributed by atoms with Gasteiger partial charge in [0, 0.05) is 18.3 Å². The van der Waals surface area contributed by atoms with E-state index in [9.17, 15) is 14.4 Å². The van der Waals surface area contributed by atoms with Crippen molar-refractivity contribution < 1.29 is 9.59 Å². The number of imide groups is 1. The predicted molar refractivity (Wildman–Crippen MR) is 101 cm³/mol. The van der Waals surface area contributed by atoms with Crippen molar-refractivity contribution in [2.24, 2.45) is 0 Å². The van der Waals surface area contributed by atoms with Gasteiger partial charge in [-0.05, 0) is 18.9 Å². The number of aromatic amines is 1. The largest absolute Gasteiger partial charge is 0.338 e. The number of rotatable bonds is 7. The minimum absolute atomic E-state index is 0.262. The van der Waals surface area contributed by atoms with Crippen LogP contribution in [0.4, 0.5) is 4.79 Å². The van der Waals surface area contributed by atoms with E-state index in [4.69, 9.17) is 0 Å². The second-order valence-electron chi connectivity index (χ2n) is 5.55. The van der Waals surface area contributed by atoms with Crippen molar-refractivity contribution in [3.63, 3.8) is 0 Å². The summed E-state index contributed by atoms with van der Waals surface area (Å²) in [5.74, 6) is -0.476. The van der Waals surface area contributed by atoms with Gasteiger partial charge in [0.15, 0.2) is 5.16 Å². The van der Waals surface area contributed by atoms with Gasteiger partial charge in [0.1, 0.15) is 5.25 Å². The Morgan fingerprint density at radius 3 is 2.62 bits per heavy atom. The zero-order chi connectivity index (χ0) is 18.9. The molecule has 3 N–H and O–H groups in total. The average Bonchev–Trinajstić information content (AvgIpc) is 2.60. The molecule has 2 rings (SSSR count). The lowest BCUT2D eigenvalue weighted by Gasteiger charge is -2.16. The van der Waals surface area contributed by atoms with E-state index in [1.165, 1.54) is 6.07 Å². The number of H-pyrrole nitrogens is 1. The Labute approximate surface area is 156 Å². The van der Waals surface area contributed by atoms with E-state index < -0.39 is 17.2 Å². The van der Waals surface area contributed by atoms with Crippen molar-refractivity contribution in [1.29, 1.82) is 0 Å². The molecule has 138 valence electrons. The Hall–Kier alpha value is -2.61. The summed E-state index contributed by atoms with van der Waals surface area (Å²) in [5.41, 5.74) is 1.12. The van der Waals surface area contributed by atoms with E-state index in [2.05, 4.69) is 20.6 Å². The van der Waals surface area contributed by atoms with Gasteiger partial charge in [-0.1, -0.05) is 55.4 Å². The molecule has 0 bridgehead atoms. The number of thioether (sulfide) groups is 1. The summed E-state index contributed by atoms with van der Waals surface area (Å²) in [6.45, 7) is 4.18. The lowest BCUT2D eigenvalue weighted by atomic mass is 10.1. The first-order valence-corrected chi connectivity index (χ1v) is 9.32. The average molecular weight is 374 g/mol. The SMILES string of the molecule is CCCc1cc(=O)[nH]c(S[C@@H](C(=O)NC(=O)NCC)c2ccccc2)n1. The normalized spacial score (nSPS) is 11.6. The number of nitrogens with one attached hydrogen (secondary N) is 3. The number of carbonyl (C=O) groups excluding carboxylic acids is 2. The standard InChI is InChI=1S/C18H22N4O3S/c1-3-8-13-11-14(23)21-18(20-13)26-15(12-9-6-5-7-10-12)16(24)22-17(25)19-4-2/h5-7,9-11,15H,3-4,8H2,1-2H3,(H,20,21,23)(H2,19,22,24,25)/t15-/m1/s1. The molecule has 0 unspecified atom stereocenters. The van der Waals surface area contributed by atoms with Crippen molar-refractivity contribution in [2.75, 3.05) is 6.54 Å². The molecule has 0 aliphatic rings. The molecule has 0 saturated carbocycles. The molecule has 1 aromatic carbocycles. The predicted octanol–water partition coefficient (Wildman–Crippen LogP) is 2.40. The smallest absolute Gasteiger partial charge is 0.321 e. The molecule has 0 aliphatic carbocycles. The Kier molecular flexibility index (Phi) is 7.40. The van der Waals surface area contributed by atoms with Gasteiger partial charge >= 0.3 is 6.03 Å². The molecule has 0 spiro atoms. The van der Waals surface area contributed by atoms with Gasteiger partial charge in [-0.3, -0.25) is 14.9 Å². The van der Waals surface area contributed by atoms with E-state index in [1.54, 1.807) is 19.1 Å². The molecule has 0 radical (unpaired) electrons. The molecule has 0 fully saturated rings. The molecule has 1 heterocycles. The zero-order valence-corrected chi connectivity index (χ0v) is 15.6. The Morgan fingerprint density at radius 1 is 1.23 bits per heavy atom. The quantitative estimate of drug-likeness (QED) is 0.510. The Balaban J connectivity index is 2.29. The van der Waals surface area contributed by atoms with Crippen LogP contribution in [0.5, 0.6) is 0 Å². The number of urea groups is 1. The molecule has 0 saturated heterocycles. The minimum atomic E-state index is -0.723. The topological polar surface area (TPSA) is 104 Å². The van der Waals surface area contributed by atoms with Crippen LogP contribution in [0.2, 0.25) is 0 Å². The fraction of sp³-hybridized carbons (Fsp3) is 0.333. The number of carbonyl (C=O) groups is 2. The van der Waals surface area contributed by atoms with Crippen LogP contribution in [-0.4, -0.2) is 28.5 Å². The summed E-state index contributed by atoms with van der Waals surface area (Å²) in [4.78, 5) is 43.3. The van der Waals surface area contributed by atoms with Crippen LogP contribution in [0.1, 0.15) is 36.8 Å². The van der Waals surface area contributed by atoms with Crippen molar-refractivity contribution in [3.8, 4) is 0 Å². The van der Waals surface area contributed by atoms with Gasteiger partial charge in [0.25, 0.3) is 5.56 Å². The third-order valence-electron chi connectivity index (χ3n) is 3.42. The molecule has 7 nitrogen and oxygen atoms in total. The highest BCUT2D eigenvalue weighted by Gasteiger charge is 2.24. The number of hydrogen-bond donors (Lipinski definition) is 3. The third-order valence-corrected chi connectivity index (χ3v) is 4.56. The van der Waals surface area contributed by atoms with E-state index in [0.717, 1.165) is 18.2 Å². The maximum absolute atomic E-state index is 12.6. The maximum atomic E-state index is 12.6. The van der Waals surface area contributed by atoms with E-state index >= 15 is 0 Å². The Morgan fingerprint density at radius 2 is 1.96 bits per heavy atom. The summed E-state index contributed by atoms with van der Waals surface area (Å²) in [5, 5.41) is 4.48. The lowest BCUT2D eigenvalue weighted by molar-refractivity contribution is -0.119. The van der Waals surface area contributed by atoms with E-state index in [-0.39, 0.29) is 5.56 Å². The maximum Gasteiger partial charge on any atom is 0.321 e. The summed E-state index contributed by atoms with van der Waals surface area (Å²) in [6.07, 6.45) is 1.54. The number of benzene rings is 1. The summed E-state index contributed by atoms with van der Waals surface area (Å²) < 4.78 is 0. The van der Waals surface area contributed by atoms with Crippen LogP contribution in [0, 0.1) is 0 Å². The molecular weight excluding hydrogens is 352 g/mol. The molecule has 1 aromatic heterocycles. The zero-order valence-electron chi connectivity index (χ0n) is 14.7. The van der Waals surface area contributed by atoms with Gasteiger partial charge in [0.05, 0.1) is 0 Å². The molecule has 26 heavy (non-hydrogen) atoms. The van der Waals surface area contributed by atoms with Crippen molar-refractivity contribution in [1.82, 2.24) is 20.6 Å². The second kappa shape index (κ2) is 9.76. The molecule has 1 atom stereocenters. The van der Waals surface area contributed by atoms with E-state index in [0.29, 0.717) is 29.4 Å². The third kappa shape index (κ3) is 5.73. The lowest BCUT2D eigenvalue weighted by Crippen LogP contribution is -2.41. The fourth-order valence-corrected chi connectivity index (χ4v) is 3.33.